The Morgan fingerprint density at radius 1 is 1.10 bits per heavy atom. The quantitative estimate of drug-likeness (QED) is 0.385. The third-order valence-corrected chi connectivity index (χ3v) is 5.37. The van der Waals surface area contributed by atoms with E-state index in [1.54, 1.807) is 45.4 Å². The molecule has 0 aromatic heterocycles. The molecule has 0 unspecified atom stereocenters. The Hall–Kier alpha value is -2.68. The fourth-order valence-corrected chi connectivity index (χ4v) is 3.62. The summed E-state index contributed by atoms with van der Waals surface area (Å²) in [7, 11) is -0.631. The maximum atomic E-state index is 12.4. The first-order valence-electron chi connectivity index (χ1n) is 9.34. The van der Waals surface area contributed by atoms with Crippen molar-refractivity contribution in [2.75, 3.05) is 27.4 Å². The third kappa shape index (κ3) is 8.36. The monoisotopic (exact) mass is 435 g/mol. The van der Waals surface area contributed by atoms with Gasteiger partial charge < -0.3 is 14.6 Å². The predicted molar refractivity (Wildman–Crippen MR) is 117 cm³/mol. The number of nitrogens with one attached hydrogen (secondary N) is 1. The lowest BCUT2D eigenvalue weighted by atomic mass is 10.0. The van der Waals surface area contributed by atoms with Crippen molar-refractivity contribution < 1.29 is 27.8 Å². The van der Waals surface area contributed by atoms with Gasteiger partial charge in [-0.25, -0.2) is 13.2 Å². The highest BCUT2D eigenvalue weighted by Gasteiger charge is 2.16. The molecule has 1 rings (SSSR count). The van der Waals surface area contributed by atoms with Crippen LogP contribution in [0.2, 0.25) is 0 Å². The molecule has 0 spiro atoms. The van der Waals surface area contributed by atoms with Crippen molar-refractivity contribution in [2.45, 2.75) is 25.2 Å². The maximum Gasteiger partial charge on any atom is 0.336 e. The first kappa shape index (κ1) is 25.4. The van der Waals surface area contributed by atoms with Crippen LogP contribution in [0.25, 0.3) is 5.57 Å². The molecular weight excluding hydrogens is 406 g/mol. The van der Waals surface area contributed by atoms with Crippen molar-refractivity contribution in [3.05, 3.63) is 71.5 Å². The first-order valence-corrected chi connectivity index (χ1v) is 10.8. The second-order valence-corrected chi connectivity index (χ2v) is 7.99. The molecule has 0 heterocycles. The van der Waals surface area contributed by atoms with Crippen LogP contribution in [0.1, 0.15) is 25.8 Å². The van der Waals surface area contributed by atoms with Gasteiger partial charge in [-0.1, -0.05) is 43.4 Å². The number of sulfonamides is 1. The average Bonchev–Trinajstić information content (AvgIpc) is 2.69. The topological polar surface area (TPSA) is 102 Å². The van der Waals surface area contributed by atoms with Crippen LogP contribution in [0.4, 0.5) is 0 Å². The number of ether oxygens (including phenoxy) is 2. The molecule has 8 heteroatoms. The molecule has 30 heavy (non-hydrogen) atoms. The van der Waals surface area contributed by atoms with E-state index in [0.717, 1.165) is 0 Å². The minimum atomic E-state index is -3.73. The van der Waals surface area contributed by atoms with E-state index in [2.05, 4.69) is 4.72 Å². The number of aliphatic carboxylic acids is 1. The average molecular weight is 436 g/mol. The first-order chi connectivity index (χ1) is 14.2. The Kier molecular flexibility index (Phi) is 10.8. The van der Waals surface area contributed by atoms with Crippen LogP contribution in [0.15, 0.2) is 70.8 Å². The van der Waals surface area contributed by atoms with E-state index in [1.807, 2.05) is 6.92 Å². The fourth-order valence-electron chi connectivity index (χ4n) is 2.50. The summed E-state index contributed by atoms with van der Waals surface area (Å²) in [5, 5.41) is 9.67. The third-order valence-electron chi connectivity index (χ3n) is 3.88. The summed E-state index contributed by atoms with van der Waals surface area (Å²) < 4.78 is 37.4. The summed E-state index contributed by atoms with van der Waals surface area (Å²) in [4.78, 5) is 11.9. The van der Waals surface area contributed by atoms with Gasteiger partial charge in [0.2, 0.25) is 0 Å². The van der Waals surface area contributed by atoms with Crippen molar-refractivity contribution in [3.63, 3.8) is 0 Å². The van der Waals surface area contributed by atoms with Crippen LogP contribution in [0.3, 0.4) is 0 Å². The van der Waals surface area contributed by atoms with Crippen LogP contribution in [-0.2, 0) is 24.3 Å². The molecule has 164 valence electrons. The molecule has 0 fully saturated rings. The maximum absolute atomic E-state index is 12.4. The van der Waals surface area contributed by atoms with Gasteiger partial charge in [0.25, 0.3) is 10.0 Å². The van der Waals surface area contributed by atoms with Gasteiger partial charge >= 0.3 is 5.97 Å². The molecule has 0 bridgehead atoms. The van der Waals surface area contributed by atoms with Crippen molar-refractivity contribution in [1.82, 2.24) is 4.72 Å². The number of methoxy groups -OCH3 is 2. The molecule has 0 aliphatic rings. The lowest BCUT2D eigenvalue weighted by molar-refractivity contribution is -0.130. The summed E-state index contributed by atoms with van der Waals surface area (Å²) >= 11 is 0. The van der Waals surface area contributed by atoms with Crippen LogP contribution >= 0.6 is 0 Å². The van der Waals surface area contributed by atoms with Gasteiger partial charge in [-0.3, -0.25) is 4.72 Å². The normalized spacial score (nSPS) is 13.7. The molecule has 0 aliphatic carbocycles. The molecule has 0 radical (unpaired) electrons. The van der Waals surface area contributed by atoms with E-state index in [0.29, 0.717) is 36.5 Å². The van der Waals surface area contributed by atoms with Gasteiger partial charge in [0.1, 0.15) is 0 Å². The molecule has 2 N–H and O–H groups in total. The van der Waals surface area contributed by atoms with E-state index in [4.69, 9.17) is 9.47 Å². The predicted octanol–water partition coefficient (Wildman–Crippen LogP) is 3.52. The Morgan fingerprint density at radius 2 is 1.73 bits per heavy atom. The highest BCUT2D eigenvalue weighted by Crippen LogP contribution is 2.21. The number of hydrogen-bond donors (Lipinski definition) is 2. The van der Waals surface area contributed by atoms with Crippen molar-refractivity contribution in [1.29, 1.82) is 0 Å². The molecule has 0 aliphatic heterocycles. The minimum Gasteiger partial charge on any atom is -0.478 e. The SMILES string of the molecule is CC/C=C(/C)NS(=O)(=O)c1ccc(\C(=C/C(/C=C\COC)=C/COC)C(=O)O)cc1. The number of carbonyl (C=O) groups is 1. The highest BCUT2D eigenvalue weighted by molar-refractivity contribution is 7.89. The fraction of sp³-hybridized carbons (Fsp3) is 0.318. The molecule has 7 nitrogen and oxygen atoms in total. The summed E-state index contributed by atoms with van der Waals surface area (Å²) in [6, 6.07) is 5.71. The number of hydrogen-bond acceptors (Lipinski definition) is 5. The molecule has 0 amide bonds. The zero-order chi connectivity index (χ0) is 22.6. The number of carboxylic acids is 1. The Morgan fingerprint density at radius 3 is 2.27 bits per heavy atom. The van der Waals surface area contributed by atoms with E-state index >= 15 is 0 Å². The van der Waals surface area contributed by atoms with Crippen molar-refractivity contribution >= 4 is 21.6 Å². The van der Waals surface area contributed by atoms with Gasteiger partial charge in [0.05, 0.1) is 23.7 Å². The molecular formula is C22H29NO6S. The van der Waals surface area contributed by atoms with Gasteiger partial charge in [0.15, 0.2) is 0 Å². The highest BCUT2D eigenvalue weighted by atomic mass is 32.2. The molecule has 1 aromatic rings. The van der Waals surface area contributed by atoms with Gasteiger partial charge in [-0.05, 0) is 42.7 Å². The standard InChI is InChI=1S/C22H29NO6S/c1-5-7-17(2)23-30(26,27)20-11-9-19(10-12-20)21(22(24)25)16-18(13-15-29-4)8-6-14-28-3/h6-13,16,23H,5,14-15H2,1-4H3,(H,24,25)/b8-6-,17-7-,18-13+,21-16+. The zero-order valence-electron chi connectivity index (χ0n) is 17.7. The van der Waals surface area contributed by atoms with Crippen LogP contribution < -0.4 is 4.72 Å². The van der Waals surface area contributed by atoms with E-state index in [-0.39, 0.29) is 10.5 Å². The Bertz CT molecular complexity index is 925. The molecule has 0 saturated carbocycles. The Balaban J connectivity index is 3.26. The summed E-state index contributed by atoms with van der Waals surface area (Å²) in [6.45, 7) is 4.27. The van der Waals surface area contributed by atoms with E-state index in [9.17, 15) is 18.3 Å². The van der Waals surface area contributed by atoms with Crippen LogP contribution in [-0.4, -0.2) is 46.9 Å². The largest absolute Gasteiger partial charge is 0.478 e. The van der Waals surface area contributed by atoms with E-state index in [1.165, 1.54) is 30.3 Å². The summed E-state index contributed by atoms with van der Waals surface area (Å²) in [5.74, 6) is -1.13. The summed E-state index contributed by atoms with van der Waals surface area (Å²) in [6.07, 6.45) is 9.20. The molecule has 0 atom stereocenters. The second kappa shape index (κ2) is 12.8. The van der Waals surface area contributed by atoms with Gasteiger partial charge in [-0.15, -0.1) is 0 Å². The number of carboxylic acid groups (broad SMARTS) is 1. The lowest BCUT2D eigenvalue weighted by Crippen LogP contribution is -2.21. The number of allylic oxidation sites excluding steroid dienone is 5. The number of benzene rings is 1. The molecule has 0 saturated heterocycles. The van der Waals surface area contributed by atoms with Gasteiger partial charge in [0, 0.05) is 19.9 Å². The van der Waals surface area contributed by atoms with Crippen LogP contribution in [0, 0.1) is 0 Å². The Labute approximate surface area is 178 Å². The lowest BCUT2D eigenvalue weighted by Gasteiger charge is -2.10. The van der Waals surface area contributed by atoms with E-state index < -0.39 is 16.0 Å². The van der Waals surface area contributed by atoms with Crippen molar-refractivity contribution in [2.24, 2.45) is 0 Å². The second-order valence-electron chi connectivity index (χ2n) is 6.31. The zero-order valence-corrected chi connectivity index (χ0v) is 18.5. The molecule has 1 aromatic carbocycles. The summed E-state index contributed by atoms with van der Waals surface area (Å²) in [5.41, 5.74) is 1.57. The minimum absolute atomic E-state index is 0.0263. The smallest absolute Gasteiger partial charge is 0.336 e. The van der Waals surface area contributed by atoms with Gasteiger partial charge in [-0.2, -0.15) is 0 Å². The van der Waals surface area contributed by atoms with Crippen LogP contribution in [0.5, 0.6) is 0 Å². The van der Waals surface area contributed by atoms with Crippen molar-refractivity contribution in [3.8, 4) is 0 Å². The number of rotatable bonds is 12.